The first-order valence-corrected chi connectivity index (χ1v) is 6.79. The summed E-state index contributed by atoms with van der Waals surface area (Å²) in [6.45, 7) is 10.1. The van der Waals surface area contributed by atoms with Gasteiger partial charge in [0.1, 0.15) is 0 Å². The lowest BCUT2D eigenvalue weighted by molar-refractivity contribution is 0.258. The van der Waals surface area contributed by atoms with E-state index in [4.69, 9.17) is 11.6 Å². The van der Waals surface area contributed by atoms with Gasteiger partial charge in [-0.25, -0.2) is 0 Å². The van der Waals surface area contributed by atoms with Gasteiger partial charge in [0.2, 0.25) is 0 Å². The Labute approximate surface area is 111 Å². The number of aryl methyl sites for hydroxylation is 1. The largest absolute Gasteiger partial charge is 0.314 e. The minimum Gasteiger partial charge on any atom is -0.314 e. The second-order valence-electron chi connectivity index (χ2n) is 5.64. The SMILES string of the molecule is CCNC(CCc1cccc(Cl)c1)C(C)(C)C. The summed E-state index contributed by atoms with van der Waals surface area (Å²) in [5.41, 5.74) is 1.62. The summed E-state index contributed by atoms with van der Waals surface area (Å²) in [4.78, 5) is 0. The first-order valence-electron chi connectivity index (χ1n) is 6.41. The molecule has 2 heteroatoms. The van der Waals surface area contributed by atoms with Crippen molar-refractivity contribution in [3.63, 3.8) is 0 Å². The van der Waals surface area contributed by atoms with E-state index < -0.39 is 0 Å². The number of halogens is 1. The zero-order valence-electron chi connectivity index (χ0n) is 11.4. The van der Waals surface area contributed by atoms with Crippen molar-refractivity contribution >= 4 is 11.6 Å². The highest BCUT2D eigenvalue weighted by atomic mass is 35.5. The summed E-state index contributed by atoms with van der Waals surface area (Å²) in [6.07, 6.45) is 2.23. The number of nitrogens with one attached hydrogen (secondary N) is 1. The van der Waals surface area contributed by atoms with Crippen molar-refractivity contribution in [2.75, 3.05) is 6.54 Å². The lowest BCUT2D eigenvalue weighted by atomic mass is 9.83. The molecule has 0 saturated heterocycles. The van der Waals surface area contributed by atoms with Crippen LogP contribution in [0.4, 0.5) is 0 Å². The van der Waals surface area contributed by atoms with Crippen LogP contribution >= 0.6 is 11.6 Å². The van der Waals surface area contributed by atoms with Crippen molar-refractivity contribution in [3.05, 3.63) is 34.9 Å². The Balaban J connectivity index is 2.58. The molecule has 1 aromatic carbocycles. The first kappa shape index (κ1) is 14.5. The second kappa shape index (κ2) is 6.42. The first-order chi connectivity index (χ1) is 7.93. The van der Waals surface area contributed by atoms with Crippen LogP contribution < -0.4 is 5.32 Å². The highest BCUT2D eigenvalue weighted by molar-refractivity contribution is 6.30. The minimum absolute atomic E-state index is 0.300. The van der Waals surface area contributed by atoms with E-state index in [1.807, 2.05) is 12.1 Å². The average Bonchev–Trinajstić information content (AvgIpc) is 2.22. The highest BCUT2D eigenvalue weighted by Gasteiger charge is 2.23. The Kier molecular flexibility index (Phi) is 5.48. The molecule has 1 atom stereocenters. The predicted molar refractivity (Wildman–Crippen MR) is 76.7 cm³/mol. The smallest absolute Gasteiger partial charge is 0.0408 e. The van der Waals surface area contributed by atoms with E-state index in [0.717, 1.165) is 24.4 Å². The molecule has 0 bridgehead atoms. The van der Waals surface area contributed by atoms with Crippen LogP contribution in [0.1, 0.15) is 39.7 Å². The molecule has 0 aromatic heterocycles. The van der Waals surface area contributed by atoms with Gasteiger partial charge in [-0.2, -0.15) is 0 Å². The monoisotopic (exact) mass is 253 g/mol. The van der Waals surface area contributed by atoms with Gasteiger partial charge in [-0.15, -0.1) is 0 Å². The third kappa shape index (κ3) is 5.10. The van der Waals surface area contributed by atoms with Gasteiger partial charge in [0.15, 0.2) is 0 Å². The maximum absolute atomic E-state index is 6.00. The second-order valence-corrected chi connectivity index (χ2v) is 6.08. The standard InChI is InChI=1S/C15H24ClN/c1-5-17-14(15(2,3)4)10-9-12-7-6-8-13(16)11-12/h6-8,11,14,17H,5,9-10H2,1-4H3. The Hall–Kier alpha value is -0.530. The molecule has 1 N–H and O–H groups in total. The summed E-state index contributed by atoms with van der Waals surface area (Å²) in [5, 5.41) is 4.41. The van der Waals surface area contributed by atoms with Crippen LogP contribution in [-0.2, 0) is 6.42 Å². The summed E-state index contributed by atoms with van der Waals surface area (Å²) < 4.78 is 0. The van der Waals surface area contributed by atoms with E-state index in [0.29, 0.717) is 11.5 Å². The van der Waals surface area contributed by atoms with Crippen molar-refractivity contribution in [3.8, 4) is 0 Å². The van der Waals surface area contributed by atoms with Gasteiger partial charge >= 0.3 is 0 Å². The molecule has 0 radical (unpaired) electrons. The summed E-state index contributed by atoms with van der Waals surface area (Å²) in [7, 11) is 0. The van der Waals surface area contributed by atoms with Gasteiger partial charge in [0, 0.05) is 11.1 Å². The van der Waals surface area contributed by atoms with E-state index in [2.05, 4.69) is 45.1 Å². The maximum atomic E-state index is 6.00. The van der Waals surface area contributed by atoms with E-state index in [9.17, 15) is 0 Å². The molecule has 17 heavy (non-hydrogen) atoms. The Morgan fingerprint density at radius 1 is 1.29 bits per heavy atom. The normalized spacial score (nSPS) is 13.7. The molecular weight excluding hydrogens is 230 g/mol. The molecule has 1 rings (SSSR count). The van der Waals surface area contributed by atoms with Crippen molar-refractivity contribution in [2.45, 2.75) is 46.6 Å². The van der Waals surface area contributed by atoms with Crippen molar-refractivity contribution in [1.82, 2.24) is 5.32 Å². The third-order valence-electron chi connectivity index (χ3n) is 3.11. The molecule has 0 amide bonds. The number of hydrogen-bond donors (Lipinski definition) is 1. The molecule has 96 valence electrons. The lowest BCUT2D eigenvalue weighted by Gasteiger charge is -2.31. The summed E-state index contributed by atoms with van der Waals surface area (Å²) in [5.74, 6) is 0. The number of benzene rings is 1. The molecule has 0 aliphatic rings. The fourth-order valence-corrected chi connectivity index (χ4v) is 2.30. The fourth-order valence-electron chi connectivity index (χ4n) is 2.09. The lowest BCUT2D eigenvalue weighted by Crippen LogP contribution is -2.40. The van der Waals surface area contributed by atoms with Gasteiger partial charge in [-0.3, -0.25) is 0 Å². The Morgan fingerprint density at radius 2 is 2.00 bits per heavy atom. The van der Waals surface area contributed by atoms with Crippen molar-refractivity contribution in [1.29, 1.82) is 0 Å². The van der Waals surface area contributed by atoms with E-state index >= 15 is 0 Å². The molecule has 0 heterocycles. The van der Waals surface area contributed by atoms with Crippen LogP contribution in [0.3, 0.4) is 0 Å². The number of rotatable bonds is 5. The highest BCUT2D eigenvalue weighted by Crippen LogP contribution is 2.23. The number of hydrogen-bond acceptors (Lipinski definition) is 1. The zero-order chi connectivity index (χ0) is 12.9. The van der Waals surface area contributed by atoms with Crippen molar-refractivity contribution in [2.24, 2.45) is 5.41 Å². The Morgan fingerprint density at radius 3 is 2.53 bits per heavy atom. The van der Waals surface area contributed by atoms with E-state index in [1.54, 1.807) is 0 Å². The molecule has 1 aromatic rings. The van der Waals surface area contributed by atoms with E-state index in [-0.39, 0.29) is 0 Å². The molecule has 0 aliphatic carbocycles. The van der Waals surface area contributed by atoms with Crippen molar-refractivity contribution < 1.29 is 0 Å². The van der Waals surface area contributed by atoms with Crippen LogP contribution in [0.2, 0.25) is 5.02 Å². The molecule has 0 spiro atoms. The fraction of sp³-hybridized carbons (Fsp3) is 0.600. The molecule has 0 aliphatic heterocycles. The summed E-state index contributed by atoms with van der Waals surface area (Å²) in [6, 6.07) is 8.71. The van der Waals surface area contributed by atoms with Crippen LogP contribution in [0.15, 0.2) is 24.3 Å². The quantitative estimate of drug-likeness (QED) is 0.825. The minimum atomic E-state index is 0.300. The van der Waals surface area contributed by atoms with Crippen LogP contribution in [0.25, 0.3) is 0 Å². The van der Waals surface area contributed by atoms with Crippen LogP contribution in [-0.4, -0.2) is 12.6 Å². The summed E-state index contributed by atoms with van der Waals surface area (Å²) >= 11 is 6.00. The predicted octanol–water partition coefficient (Wildman–Crippen LogP) is 4.30. The molecule has 1 unspecified atom stereocenters. The molecule has 0 saturated carbocycles. The van der Waals surface area contributed by atoms with Gasteiger partial charge in [0.25, 0.3) is 0 Å². The van der Waals surface area contributed by atoms with Crippen LogP contribution in [0.5, 0.6) is 0 Å². The molecule has 0 fully saturated rings. The van der Waals surface area contributed by atoms with Gasteiger partial charge in [-0.1, -0.05) is 51.4 Å². The van der Waals surface area contributed by atoms with Gasteiger partial charge in [0.05, 0.1) is 0 Å². The molecular formula is C15H24ClN. The zero-order valence-corrected chi connectivity index (χ0v) is 12.1. The maximum Gasteiger partial charge on any atom is 0.0408 e. The van der Waals surface area contributed by atoms with Gasteiger partial charge in [-0.05, 0) is 42.5 Å². The van der Waals surface area contributed by atoms with Crippen LogP contribution in [0, 0.1) is 5.41 Å². The molecule has 1 nitrogen and oxygen atoms in total. The van der Waals surface area contributed by atoms with Gasteiger partial charge < -0.3 is 5.32 Å². The average molecular weight is 254 g/mol. The topological polar surface area (TPSA) is 12.0 Å². The Bertz CT molecular complexity index is 341. The third-order valence-corrected chi connectivity index (χ3v) is 3.34. The van der Waals surface area contributed by atoms with E-state index in [1.165, 1.54) is 5.56 Å².